The molecule has 1 aromatic carbocycles. The lowest BCUT2D eigenvalue weighted by atomic mass is 10.1. The molecule has 0 spiro atoms. The summed E-state index contributed by atoms with van der Waals surface area (Å²) < 4.78 is 12.1. The van der Waals surface area contributed by atoms with Gasteiger partial charge < -0.3 is 14.2 Å². The molecule has 130 valence electrons. The quantitative estimate of drug-likeness (QED) is 0.739. The zero-order valence-electron chi connectivity index (χ0n) is 14.7. The van der Waals surface area contributed by atoms with Crippen molar-refractivity contribution in [3.05, 3.63) is 45.8 Å². The van der Waals surface area contributed by atoms with E-state index in [1.54, 1.807) is 11.9 Å². The first-order valence-electron chi connectivity index (χ1n) is 7.88. The van der Waals surface area contributed by atoms with Crippen molar-refractivity contribution in [3.63, 3.8) is 0 Å². The van der Waals surface area contributed by atoms with Crippen molar-refractivity contribution in [2.45, 2.75) is 40.3 Å². The van der Waals surface area contributed by atoms with Crippen LogP contribution in [0.15, 0.2) is 33.3 Å². The molecule has 2 rings (SSSR count). The number of halogens is 1. The topological polar surface area (TPSA) is 55.6 Å². The fourth-order valence-corrected chi connectivity index (χ4v) is 2.66. The normalized spacial score (nSPS) is 12.3. The molecule has 24 heavy (non-hydrogen) atoms. The zero-order valence-corrected chi connectivity index (χ0v) is 16.3. The Morgan fingerprint density at radius 1 is 1.29 bits per heavy atom. The first-order chi connectivity index (χ1) is 11.3. The van der Waals surface area contributed by atoms with Gasteiger partial charge in [0.25, 0.3) is 5.91 Å². The first-order valence-corrected chi connectivity index (χ1v) is 8.67. The van der Waals surface area contributed by atoms with E-state index in [4.69, 9.17) is 9.26 Å². The lowest BCUT2D eigenvalue weighted by Gasteiger charge is -2.27. The van der Waals surface area contributed by atoms with Gasteiger partial charge in [-0.05, 0) is 44.0 Å². The fraction of sp³-hybridized carbons (Fsp3) is 0.444. The van der Waals surface area contributed by atoms with E-state index in [0.29, 0.717) is 12.3 Å². The molecule has 1 aromatic heterocycles. The van der Waals surface area contributed by atoms with Crippen LogP contribution < -0.4 is 4.74 Å². The summed E-state index contributed by atoms with van der Waals surface area (Å²) in [5.41, 5.74) is 1.75. The molecule has 1 amide bonds. The highest BCUT2D eigenvalue weighted by molar-refractivity contribution is 9.10. The third kappa shape index (κ3) is 4.38. The number of hydrogen-bond donors (Lipinski definition) is 0. The van der Waals surface area contributed by atoms with Crippen LogP contribution in [0.3, 0.4) is 0 Å². The Kier molecular flexibility index (Phi) is 6.04. The van der Waals surface area contributed by atoms with Gasteiger partial charge in [0, 0.05) is 17.1 Å². The van der Waals surface area contributed by atoms with Gasteiger partial charge >= 0.3 is 0 Å². The number of likely N-dealkylation sites (N-methyl/N-ethyl adjacent to an activating group) is 1. The molecule has 0 saturated heterocycles. The van der Waals surface area contributed by atoms with E-state index in [1.165, 1.54) is 0 Å². The van der Waals surface area contributed by atoms with Gasteiger partial charge in [0.15, 0.2) is 6.10 Å². The number of carbonyl (C=O) groups excluding carboxylic acids is 1. The van der Waals surface area contributed by atoms with Gasteiger partial charge in [0.05, 0.1) is 12.2 Å². The molecule has 0 aliphatic rings. The predicted octanol–water partition coefficient (Wildman–Crippen LogP) is 4.12. The third-order valence-electron chi connectivity index (χ3n) is 3.88. The van der Waals surface area contributed by atoms with E-state index in [9.17, 15) is 4.79 Å². The molecule has 5 nitrogen and oxygen atoms in total. The molecule has 0 aliphatic heterocycles. The summed E-state index contributed by atoms with van der Waals surface area (Å²) in [5, 5.41) is 3.94. The molecule has 1 atom stereocenters. The Bertz CT molecular complexity index is 675. The van der Waals surface area contributed by atoms with Gasteiger partial charge in [-0.2, -0.15) is 0 Å². The van der Waals surface area contributed by atoms with Gasteiger partial charge in [-0.3, -0.25) is 4.79 Å². The molecular formula is C18H23BrN2O3. The van der Waals surface area contributed by atoms with Crippen LogP contribution in [0.25, 0.3) is 0 Å². The third-order valence-corrected chi connectivity index (χ3v) is 4.41. The maximum atomic E-state index is 12.8. The summed E-state index contributed by atoms with van der Waals surface area (Å²) in [7, 11) is 1.77. The van der Waals surface area contributed by atoms with E-state index in [-0.39, 0.29) is 11.8 Å². The van der Waals surface area contributed by atoms with Crippen molar-refractivity contribution in [3.8, 4) is 5.75 Å². The number of amides is 1. The van der Waals surface area contributed by atoms with Gasteiger partial charge in [0.2, 0.25) is 0 Å². The Hall–Kier alpha value is -1.82. The molecule has 1 heterocycles. The average Bonchev–Trinajstić information content (AvgIpc) is 2.85. The summed E-state index contributed by atoms with van der Waals surface area (Å²) in [6.45, 7) is 8.14. The first kappa shape index (κ1) is 18.5. The largest absolute Gasteiger partial charge is 0.480 e. The molecule has 0 fully saturated rings. The van der Waals surface area contributed by atoms with Crippen molar-refractivity contribution >= 4 is 21.8 Å². The molecule has 0 saturated carbocycles. The number of hydrogen-bond acceptors (Lipinski definition) is 4. The van der Waals surface area contributed by atoms with Crippen LogP contribution in [-0.2, 0) is 11.3 Å². The van der Waals surface area contributed by atoms with Crippen molar-refractivity contribution in [2.24, 2.45) is 5.92 Å². The van der Waals surface area contributed by atoms with Crippen LogP contribution in [0.2, 0.25) is 0 Å². The molecule has 0 radical (unpaired) electrons. The molecule has 2 aromatic rings. The number of carbonyl (C=O) groups is 1. The lowest BCUT2D eigenvalue weighted by molar-refractivity contribution is -0.139. The lowest BCUT2D eigenvalue weighted by Crippen LogP contribution is -2.42. The standard InChI is InChI=1S/C18H23BrN2O3/c1-11(2)17(23-15-8-6-14(19)7-9-15)18(22)21(5)10-16-12(3)20-24-13(16)4/h6-9,11,17H,10H2,1-5H3. The second kappa shape index (κ2) is 7.83. The highest BCUT2D eigenvalue weighted by atomic mass is 79.9. The SMILES string of the molecule is Cc1noc(C)c1CN(C)C(=O)C(Oc1ccc(Br)cc1)C(C)C. The summed E-state index contributed by atoms with van der Waals surface area (Å²) in [6, 6.07) is 7.48. The number of rotatable bonds is 6. The maximum Gasteiger partial charge on any atom is 0.263 e. The fourth-order valence-electron chi connectivity index (χ4n) is 2.39. The molecule has 0 N–H and O–H groups in total. The molecular weight excluding hydrogens is 372 g/mol. The van der Waals surface area contributed by atoms with Crippen molar-refractivity contribution < 1.29 is 14.1 Å². The minimum Gasteiger partial charge on any atom is -0.480 e. The van der Waals surface area contributed by atoms with Crippen molar-refractivity contribution in [1.82, 2.24) is 10.1 Å². The number of benzene rings is 1. The summed E-state index contributed by atoms with van der Waals surface area (Å²) in [4.78, 5) is 14.5. The Balaban J connectivity index is 2.11. The molecule has 0 aliphatic carbocycles. The Labute approximate surface area is 151 Å². The van der Waals surface area contributed by atoms with Gasteiger partial charge in [-0.1, -0.05) is 34.9 Å². The van der Waals surface area contributed by atoms with Crippen LogP contribution in [0.4, 0.5) is 0 Å². The average molecular weight is 395 g/mol. The van der Waals surface area contributed by atoms with Crippen LogP contribution in [-0.4, -0.2) is 29.1 Å². The number of nitrogens with zero attached hydrogens (tertiary/aromatic N) is 2. The minimum absolute atomic E-state index is 0.0493. The van der Waals surface area contributed by atoms with E-state index < -0.39 is 6.10 Å². The second-order valence-corrected chi connectivity index (χ2v) is 7.15. The van der Waals surface area contributed by atoms with Crippen LogP contribution in [0.1, 0.15) is 30.9 Å². The monoisotopic (exact) mass is 394 g/mol. The predicted molar refractivity (Wildman–Crippen MR) is 95.8 cm³/mol. The summed E-state index contributed by atoms with van der Waals surface area (Å²) in [6.07, 6.45) is -0.545. The van der Waals surface area contributed by atoms with Crippen molar-refractivity contribution in [1.29, 1.82) is 0 Å². The van der Waals surface area contributed by atoms with E-state index in [2.05, 4.69) is 21.1 Å². The second-order valence-electron chi connectivity index (χ2n) is 6.23. The smallest absolute Gasteiger partial charge is 0.263 e. The number of aromatic nitrogens is 1. The Morgan fingerprint density at radius 3 is 2.42 bits per heavy atom. The van der Waals surface area contributed by atoms with Crippen molar-refractivity contribution in [2.75, 3.05) is 7.05 Å². The highest BCUT2D eigenvalue weighted by Gasteiger charge is 2.28. The van der Waals surface area contributed by atoms with Crippen LogP contribution in [0.5, 0.6) is 5.75 Å². The summed E-state index contributed by atoms with van der Waals surface area (Å²) in [5.74, 6) is 1.40. The Morgan fingerprint density at radius 2 is 1.92 bits per heavy atom. The van der Waals surface area contributed by atoms with Gasteiger partial charge in [0.1, 0.15) is 11.5 Å². The molecule has 6 heteroatoms. The maximum absolute atomic E-state index is 12.8. The zero-order chi connectivity index (χ0) is 17.9. The van der Waals surface area contributed by atoms with Crippen LogP contribution >= 0.6 is 15.9 Å². The highest BCUT2D eigenvalue weighted by Crippen LogP contribution is 2.21. The molecule has 0 bridgehead atoms. The van der Waals surface area contributed by atoms with Gasteiger partial charge in [-0.25, -0.2) is 0 Å². The van der Waals surface area contributed by atoms with E-state index >= 15 is 0 Å². The van der Waals surface area contributed by atoms with E-state index in [1.807, 2.05) is 52.0 Å². The van der Waals surface area contributed by atoms with Gasteiger partial charge in [-0.15, -0.1) is 0 Å². The number of ether oxygens (including phenoxy) is 1. The molecule has 1 unspecified atom stereocenters. The summed E-state index contributed by atoms with van der Waals surface area (Å²) >= 11 is 3.39. The minimum atomic E-state index is -0.545. The van der Waals surface area contributed by atoms with Crippen LogP contribution in [0, 0.1) is 19.8 Å². The number of aryl methyl sites for hydroxylation is 2. The van der Waals surface area contributed by atoms with E-state index in [0.717, 1.165) is 21.5 Å².